The zero-order valence-electron chi connectivity index (χ0n) is 11.7. The van der Waals surface area contributed by atoms with Gasteiger partial charge in [-0.05, 0) is 31.5 Å². The lowest BCUT2D eigenvalue weighted by Gasteiger charge is -2.27. The van der Waals surface area contributed by atoms with Crippen LogP contribution in [0, 0.1) is 5.92 Å². The first-order valence-electron chi connectivity index (χ1n) is 6.46. The van der Waals surface area contributed by atoms with E-state index in [2.05, 4.69) is 17.2 Å². The average molecular weight is 252 g/mol. The number of pyridine rings is 1. The first-order valence-corrected chi connectivity index (χ1v) is 6.46. The molecule has 1 heterocycles. The smallest absolute Gasteiger partial charge is 0.137 e. The lowest BCUT2D eigenvalue weighted by atomic mass is 9.94. The van der Waals surface area contributed by atoms with Crippen molar-refractivity contribution in [3.8, 4) is 5.75 Å². The summed E-state index contributed by atoms with van der Waals surface area (Å²) in [6.45, 7) is 9.76. The average Bonchev–Trinajstić information content (AvgIpc) is 2.35. The summed E-state index contributed by atoms with van der Waals surface area (Å²) in [5.74, 6) is 0.842. The van der Waals surface area contributed by atoms with Crippen LogP contribution < -0.4 is 10.1 Å². The van der Waals surface area contributed by atoms with Gasteiger partial charge in [0.25, 0.3) is 0 Å². The zero-order chi connectivity index (χ0) is 13.6. The minimum atomic E-state index is -0.817. The number of aliphatic hydroxyl groups is 1. The van der Waals surface area contributed by atoms with E-state index in [9.17, 15) is 5.11 Å². The van der Waals surface area contributed by atoms with Gasteiger partial charge >= 0.3 is 0 Å². The summed E-state index contributed by atoms with van der Waals surface area (Å²) in [6, 6.07) is 3.82. The van der Waals surface area contributed by atoms with Crippen LogP contribution in [0.1, 0.15) is 33.4 Å². The Labute approximate surface area is 109 Å². The molecule has 0 aromatic carbocycles. The van der Waals surface area contributed by atoms with Crippen LogP contribution >= 0.6 is 0 Å². The van der Waals surface area contributed by atoms with E-state index in [4.69, 9.17) is 4.74 Å². The topological polar surface area (TPSA) is 54.4 Å². The molecular formula is C14H24N2O2. The molecule has 1 aromatic rings. The van der Waals surface area contributed by atoms with Crippen molar-refractivity contribution in [1.29, 1.82) is 0 Å². The van der Waals surface area contributed by atoms with Crippen LogP contribution in [-0.4, -0.2) is 28.8 Å². The Morgan fingerprint density at radius 1 is 1.44 bits per heavy atom. The van der Waals surface area contributed by atoms with E-state index >= 15 is 0 Å². The first-order chi connectivity index (χ1) is 8.45. The Bertz CT molecular complexity index is 347. The molecule has 0 aliphatic heterocycles. The number of ether oxygens (including phenoxy) is 1. The normalized spacial score (nSPS) is 14.6. The SMILES string of the molecule is CCNCc1ccc(OCC(C)(O)C(C)C)cn1. The molecule has 4 nitrogen and oxygen atoms in total. The van der Waals surface area contributed by atoms with Crippen LogP contribution in [0.3, 0.4) is 0 Å². The van der Waals surface area contributed by atoms with Crippen LogP contribution in [0.4, 0.5) is 0 Å². The van der Waals surface area contributed by atoms with Gasteiger partial charge in [0, 0.05) is 6.54 Å². The lowest BCUT2D eigenvalue weighted by Crippen LogP contribution is -2.37. The fourth-order valence-electron chi connectivity index (χ4n) is 1.25. The Balaban J connectivity index is 2.49. The Kier molecular flexibility index (Phi) is 5.56. The summed E-state index contributed by atoms with van der Waals surface area (Å²) in [4.78, 5) is 4.29. The van der Waals surface area contributed by atoms with Crippen molar-refractivity contribution in [2.45, 2.75) is 39.8 Å². The van der Waals surface area contributed by atoms with E-state index in [0.29, 0.717) is 5.75 Å². The van der Waals surface area contributed by atoms with Gasteiger partial charge in [0.15, 0.2) is 0 Å². The third-order valence-electron chi connectivity index (χ3n) is 3.13. The van der Waals surface area contributed by atoms with E-state index in [0.717, 1.165) is 18.8 Å². The second-order valence-electron chi connectivity index (χ2n) is 5.07. The minimum absolute atomic E-state index is 0.151. The largest absolute Gasteiger partial charge is 0.489 e. The van der Waals surface area contributed by atoms with Gasteiger partial charge in [-0.25, -0.2) is 0 Å². The fourth-order valence-corrected chi connectivity index (χ4v) is 1.25. The summed E-state index contributed by atoms with van der Waals surface area (Å²) in [5, 5.41) is 13.3. The molecule has 0 aliphatic carbocycles. The van der Waals surface area contributed by atoms with Crippen molar-refractivity contribution in [1.82, 2.24) is 10.3 Å². The van der Waals surface area contributed by atoms with Gasteiger partial charge in [-0.15, -0.1) is 0 Å². The van der Waals surface area contributed by atoms with Crippen molar-refractivity contribution < 1.29 is 9.84 Å². The molecule has 102 valence electrons. The molecule has 0 amide bonds. The van der Waals surface area contributed by atoms with E-state index in [1.807, 2.05) is 26.0 Å². The molecule has 1 unspecified atom stereocenters. The number of nitrogens with zero attached hydrogens (tertiary/aromatic N) is 1. The maximum Gasteiger partial charge on any atom is 0.137 e. The maximum absolute atomic E-state index is 10.1. The van der Waals surface area contributed by atoms with E-state index in [1.165, 1.54) is 0 Å². The van der Waals surface area contributed by atoms with Gasteiger partial charge in [-0.3, -0.25) is 4.98 Å². The molecule has 1 atom stereocenters. The van der Waals surface area contributed by atoms with Crippen molar-refractivity contribution in [3.63, 3.8) is 0 Å². The fraction of sp³-hybridized carbons (Fsp3) is 0.643. The molecule has 0 bridgehead atoms. The van der Waals surface area contributed by atoms with Crippen LogP contribution in [0.25, 0.3) is 0 Å². The van der Waals surface area contributed by atoms with Gasteiger partial charge in [0.2, 0.25) is 0 Å². The molecule has 2 N–H and O–H groups in total. The van der Waals surface area contributed by atoms with Gasteiger partial charge in [0.05, 0.1) is 17.5 Å². The molecule has 0 saturated carbocycles. The van der Waals surface area contributed by atoms with Crippen molar-refractivity contribution in [3.05, 3.63) is 24.0 Å². The molecule has 4 heteroatoms. The molecule has 18 heavy (non-hydrogen) atoms. The van der Waals surface area contributed by atoms with Crippen molar-refractivity contribution >= 4 is 0 Å². The highest BCUT2D eigenvalue weighted by Gasteiger charge is 2.25. The third-order valence-corrected chi connectivity index (χ3v) is 3.13. The van der Waals surface area contributed by atoms with E-state index in [-0.39, 0.29) is 12.5 Å². The highest BCUT2D eigenvalue weighted by molar-refractivity contribution is 5.20. The van der Waals surface area contributed by atoms with Crippen molar-refractivity contribution in [2.24, 2.45) is 5.92 Å². The number of hydrogen-bond donors (Lipinski definition) is 2. The number of rotatable bonds is 7. The van der Waals surface area contributed by atoms with Gasteiger partial charge in [-0.2, -0.15) is 0 Å². The maximum atomic E-state index is 10.1. The van der Waals surface area contributed by atoms with Crippen LogP contribution in [0.2, 0.25) is 0 Å². The first kappa shape index (κ1) is 14.9. The molecule has 0 fully saturated rings. The summed E-state index contributed by atoms with van der Waals surface area (Å²) < 4.78 is 5.56. The third kappa shape index (κ3) is 4.63. The highest BCUT2D eigenvalue weighted by atomic mass is 16.5. The van der Waals surface area contributed by atoms with Crippen LogP contribution in [0.15, 0.2) is 18.3 Å². The Morgan fingerprint density at radius 2 is 2.17 bits per heavy atom. The Morgan fingerprint density at radius 3 is 2.67 bits per heavy atom. The number of hydrogen-bond acceptors (Lipinski definition) is 4. The van der Waals surface area contributed by atoms with Crippen molar-refractivity contribution in [2.75, 3.05) is 13.2 Å². The van der Waals surface area contributed by atoms with Gasteiger partial charge < -0.3 is 15.2 Å². The summed E-state index contributed by atoms with van der Waals surface area (Å²) in [7, 11) is 0. The molecule has 0 spiro atoms. The molecule has 0 radical (unpaired) electrons. The number of nitrogens with one attached hydrogen (secondary N) is 1. The molecular weight excluding hydrogens is 228 g/mol. The van der Waals surface area contributed by atoms with Crippen LogP contribution in [0.5, 0.6) is 5.75 Å². The summed E-state index contributed by atoms with van der Waals surface area (Å²) >= 11 is 0. The van der Waals surface area contributed by atoms with Gasteiger partial charge in [0.1, 0.15) is 12.4 Å². The predicted molar refractivity (Wildman–Crippen MR) is 72.6 cm³/mol. The standard InChI is InChI=1S/C14H24N2O2/c1-5-15-8-12-6-7-13(9-16-12)18-10-14(4,17)11(2)3/h6-7,9,11,15,17H,5,8,10H2,1-4H3. The second kappa shape index (κ2) is 6.71. The second-order valence-corrected chi connectivity index (χ2v) is 5.07. The monoisotopic (exact) mass is 252 g/mol. The molecule has 1 rings (SSSR count). The Hall–Kier alpha value is -1.13. The lowest BCUT2D eigenvalue weighted by molar-refractivity contribution is -0.0267. The summed E-state index contributed by atoms with van der Waals surface area (Å²) in [6.07, 6.45) is 1.70. The molecule has 0 saturated heterocycles. The van der Waals surface area contributed by atoms with E-state index < -0.39 is 5.60 Å². The molecule has 1 aromatic heterocycles. The predicted octanol–water partition coefficient (Wildman–Crippen LogP) is 1.98. The van der Waals surface area contributed by atoms with Crippen LogP contribution in [-0.2, 0) is 6.54 Å². The number of aromatic nitrogens is 1. The minimum Gasteiger partial charge on any atom is -0.489 e. The highest BCUT2D eigenvalue weighted by Crippen LogP contribution is 2.18. The quantitative estimate of drug-likeness (QED) is 0.779. The van der Waals surface area contributed by atoms with Gasteiger partial charge in [-0.1, -0.05) is 20.8 Å². The molecule has 0 aliphatic rings. The van der Waals surface area contributed by atoms with E-state index in [1.54, 1.807) is 13.1 Å². The zero-order valence-corrected chi connectivity index (χ0v) is 11.7. The summed E-state index contributed by atoms with van der Waals surface area (Å²) in [5.41, 5.74) is 0.169.